The average molecular weight is 247 g/mol. The van der Waals surface area contributed by atoms with E-state index in [1.807, 2.05) is 18.2 Å². The van der Waals surface area contributed by atoms with Gasteiger partial charge in [-0.15, -0.1) is 0 Å². The Labute approximate surface area is 108 Å². The highest BCUT2D eigenvalue weighted by molar-refractivity contribution is 5.94. The zero-order valence-corrected chi connectivity index (χ0v) is 10.8. The molecule has 98 valence electrons. The number of benzene rings is 1. The molecule has 1 aliphatic rings. The van der Waals surface area contributed by atoms with Crippen molar-refractivity contribution in [3.05, 3.63) is 35.4 Å². The van der Waals surface area contributed by atoms with Gasteiger partial charge < -0.3 is 11.5 Å². The summed E-state index contributed by atoms with van der Waals surface area (Å²) in [7, 11) is 0. The molecule has 18 heavy (non-hydrogen) atoms. The van der Waals surface area contributed by atoms with E-state index in [4.69, 9.17) is 11.5 Å². The van der Waals surface area contributed by atoms with E-state index >= 15 is 0 Å². The number of hydrogen-bond acceptors (Lipinski definition) is 3. The molecular weight excluding hydrogens is 226 g/mol. The average Bonchev–Trinajstić information content (AvgIpc) is 2.34. The molecule has 0 spiro atoms. The molecule has 1 heterocycles. The van der Waals surface area contributed by atoms with Gasteiger partial charge in [-0.2, -0.15) is 0 Å². The number of rotatable bonds is 3. The van der Waals surface area contributed by atoms with Crippen molar-refractivity contribution in [1.29, 1.82) is 0 Å². The third-order valence-electron chi connectivity index (χ3n) is 3.78. The molecule has 0 bridgehead atoms. The summed E-state index contributed by atoms with van der Waals surface area (Å²) in [6.45, 7) is 4.86. The maximum Gasteiger partial charge on any atom is 0.249 e. The van der Waals surface area contributed by atoms with Crippen LogP contribution in [-0.4, -0.2) is 29.9 Å². The molecule has 4 N–H and O–H groups in total. The van der Waals surface area contributed by atoms with Crippen molar-refractivity contribution in [1.82, 2.24) is 4.90 Å². The largest absolute Gasteiger partial charge is 0.366 e. The van der Waals surface area contributed by atoms with Crippen LogP contribution in [0.3, 0.4) is 0 Å². The summed E-state index contributed by atoms with van der Waals surface area (Å²) in [6.07, 6.45) is 1.11. The van der Waals surface area contributed by atoms with Gasteiger partial charge in [0.15, 0.2) is 0 Å². The molecule has 2 atom stereocenters. The quantitative estimate of drug-likeness (QED) is 0.835. The fourth-order valence-corrected chi connectivity index (χ4v) is 2.45. The second-order valence-corrected chi connectivity index (χ2v) is 5.19. The van der Waals surface area contributed by atoms with Crippen LogP contribution in [0.4, 0.5) is 0 Å². The van der Waals surface area contributed by atoms with Crippen molar-refractivity contribution in [3.8, 4) is 0 Å². The van der Waals surface area contributed by atoms with Gasteiger partial charge in [0.25, 0.3) is 0 Å². The first-order valence-electron chi connectivity index (χ1n) is 6.43. The summed E-state index contributed by atoms with van der Waals surface area (Å²) < 4.78 is 0. The monoisotopic (exact) mass is 247 g/mol. The first kappa shape index (κ1) is 13.1. The Kier molecular flexibility index (Phi) is 3.99. The normalized spacial score (nSPS) is 25.0. The summed E-state index contributed by atoms with van der Waals surface area (Å²) in [5.41, 5.74) is 13.1. The lowest BCUT2D eigenvalue weighted by Gasteiger charge is -2.35. The number of primary amides is 1. The lowest BCUT2D eigenvalue weighted by molar-refractivity contribution is 0.0997. The second-order valence-electron chi connectivity index (χ2n) is 5.19. The molecule has 0 radical (unpaired) electrons. The molecule has 0 aromatic heterocycles. The molecule has 1 aliphatic heterocycles. The standard InChI is InChI=1S/C14H21N3O/c1-10-6-7-17(9-13(10)15)8-11-4-2-3-5-12(11)14(16)18/h2-5,10,13H,6-9,15H2,1H3,(H2,16,18). The molecule has 2 rings (SSSR count). The fourth-order valence-electron chi connectivity index (χ4n) is 2.45. The highest BCUT2D eigenvalue weighted by atomic mass is 16.1. The van der Waals surface area contributed by atoms with Crippen LogP contribution in [0, 0.1) is 5.92 Å². The van der Waals surface area contributed by atoms with Crippen LogP contribution in [0.25, 0.3) is 0 Å². The number of likely N-dealkylation sites (tertiary alicyclic amines) is 1. The van der Waals surface area contributed by atoms with E-state index in [1.165, 1.54) is 0 Å². The van der Waals surface area contributed by atoms with Crippen LogP contribution >= 0.6 is 0 Å². The smallest absolute Gasteiger partial charge is 0.249 e. The molecule has 1 fully saturated rings. The number of carbonyl (C=O) groups excluding carboxylic acids is 1. The Bertz CT molecular complexity index is 433. The van der Waals surface area contributed by atoms with Crippen LogP contribution in [-0.2, 0) is 6.54 Å². The molecule has 1 saturated heterocycles. The maximum atomic E-state index is 11.4. The van der Waals surface area contributed by atoms with Gasteiger partial charge in [-0.25, -0.2) is 0 Å². The van der Waals surface area contributed by atoms with Gasteiger partial charge in [0, 0.05) is 24.7 Å². The van der Waals surface area contributed by atoms with Gasteiger partial charge in [0.05, 0.1) is 0 Å². The Hall–Kier alpha value is -1.39. The first-order valence-corrected chi connectivity index (χ1v) is 6.43. The van der Waals surface area contributed by atoms with Crippen LogP contribution in [0.2, 0.25) is 0 Å². The highest BCUT2D eigenvalue weighted by Gasteiger charge is 2.23. The lowest BCUT2D eigenvalue weighted by Crippen LogP contribution is -2.47. The molecule has 2 unspecified atom stereocenters. The number of nitrogens with two attached hydrogens (primary N) is 2. The van der Waals surface area contributed by atoms with Gasteiger partial charge in [0.2, 0.25) is 5.91 Å². The third kappa shape index (κ3) is 2.89. The first-order chi connectivity index (χ1) is 8.58. The number of carbonyl (C=O) groups is 1. The van der Waals surface area contributed by atoms with Crippen molar-refractivity contribution >= 4 is 5.91 Å². The Morgan fingerprint density at radius 3 is 2.83 bits per heavy atom. The topological polar surface area (TPSA) is 72.3 Å². The molecule has 0 saturated carbocycles. The van der Waals surface area contributed by atoms with E-state index in [9.17, 15) is 4.79 Å². The molecular formula is C14H21N3O. The van der Waals surface area contributed by atoms with E-state index in [1.54, 1.807) is 6.07 Å². The van der Waals surface area contributed by atoms with E-state index in [2.05, 4.69) is 11.8 Å². The van der Waals surface area contributed by atoms with Crippen LogP contribution < -0.4 is 11.5 Å². The molecule has 4 nitrogen and oxygen atoms in total. The van der Waals surface area contributed by atoms with Crippen molar-refractivity contribution < 1.29 is 4.79 Å². The van der Waals surface area contributed by atoms with Crippen molar-refractivity contribution in [2.75, 3.05) is 13.1 Å². The van der Waals surface area contributed by atoms with Gasteiger partial charge in [0.1, 0.15) is 0 Å². The van der Waals surface area contributed by atoms with E-state index < -0.39 is 0 Å². The van der Waals surface area contributed by atoms with Crippen LogP contribution in [0.5, 0.6) is 0 Å². The summed E-state index contributed by atoms with van der Waals surface area (Å²) in [6, 6.07) is 7.75. The van der Waals surface area contributed by atoms with Gasteiger partial charge in [-0.1, -0.05) is 25.1 Å². The lowest BCUT2D eigenvalue weighted by atomic mass is 9.93. The van der Waals surface area contributed by atoms with Crippen LogP contribution in [0.1, 0.15) is 29.3 Å². The summed E-state index contributed by atoms with van der Waals surface area (Å²) in [5, 5.41) is 0. The zero-order valence-electron chi connectivity index (χ0n) is 10.8. The molecule has 1 amide bonds. The Morgan fingerprint density at radius 1 is 1.44 bits per heavy atom. The minimum atomic E-state index is -0.361. The minimum Gasteiger partial charge on any atom is -0.366 e. The van der Waals surface area contributed by atoms with E-state index in [-0.39, 0.29) is 11.9 Å². The van der Waals surface area contributed by atoms with Crippen molar-refractivity contribution in [3.63, 3.8) is 0 Å². The molecule has 1 aromatic carbocycles. The highest BCUT2D eigenvalue weighted by Crippen LogP contribution is 2.19. The molecule has 1 aromatic rings. The van der Waals surface area contributed by atoms with Gasteiger partial charge in [-0.3, -0.25) is 9.69 Å². The maximum absolute atomic E-state index is 11.4. The Balaban J connectivity index is 2.08. The predicted octanol–water partition coefficient (Wildman–Crippen LogP) is 0.955. The SMILES string of the molecule is CC1CCN(Cc2ccccc2C(N)=O)CC1N. The van der Waals surface area contributed by atoms with Crippen molar-refractivity contribution in [2.45, 2.75) is 25.9 Å². The van der Waals surface area contributed by atoms with Crippen molar-refractivity contribution in [2.24, 2.45) is 17.4 Å². The predicted molar refractivity (Wildman–Crippen MR) is 72.0 cm³/mol. The molecule has 4 heteroatoms. The number of piperidine rings is 1. The fraction of sp³-hybridized carbons (Fsp3) is 0.500. The zero-order chi connectivity index (χ0) is 13.1. The number of amides is 1. The van der Waals surface area contributed by atoms with E-state index in [0.29, 0.717) is 11.5 Å². The Morgan fingerprint density at radius 2 is 2.17 bits per heavy atom. The number of nitrogens with zero attached hydrogens (tertiary/aromatic N) is 1. The summed E-state index contributed by atoms with van der Waals surface area (Å²) in [4.78, 5) is 13.7. The second kappa shape index (κ2) is 5.50. The van der Waals surface area contributed by atoms with Gasteiger partial charge in [-0.05, 0) is 30.5 Å². The summed E-state index contributed by atoms with van der Waals surface area (Å²) >= 11 is 0. The van der Waals surface area contributed by atoms with Crippen LogP contribution in [0.15, 0.2) is 24.3 Å². The minimum absolute atomic E-state index is 0.222. The summed E-state index contributed by atoms with van der Waals surface area (Å²) in [5.74, 6) is 0.216. The number of hydrogen-bond donors (Lipinski definition) is 2. The third-order valence-corrected chi connectivity index (χ3v) is 3.78. The van der Waals surface area contributed by atoms with E-state index in [0.717, 1.165) is 31.6 Å². The molecule has 0 aliphatic carbocycles. The van der Waals surface area contributed by atoms with Gasteiger partial charge >= 0.3 is 0 Å².